The fourth-order valence-electron chi connectivity index (χ4n) is 2.00. The molecular formula is C14H19N3. The van der Waals surface area contributed by atoms with Crippen molar-refractivity contribution in [2.24, 2.45) is 0 Å². The third-order valence-corrected chi connectivity index (χ3v) is 3.05. The third kappa shape index (κ3) is 2.38. The van der Waals surface area contributed by atoms with Crippen LogP contribution in [0.15, 0.2) is 18.3 Å². The van der Waals surface area contributed by atoms with Gasteiger partial charge in [0.25, 0.3) is 0 Å². The van der Waals surface area contributed by atoms with Crippen molar-refractivity contribution in [3.05, 3.63) is 29.7 Å². The largest absolute Gasteiger partial charge is 0.367 e. The molecule has 1 N–H and O–H groups in total. The topological polar surface area (TPSA) is 37.8 Å². The molecule has 0 bridgehead atoms. The minimum Gasteiger partial charge on any atom is -0.367 e. The minimum atomic E-state index is 0.425. The van der Waals surface area contributed by atoms with Gasteiger partial charge in [-0.15, -0.1) is 0 Å². The molecule has 3 heteroatoms. The number of nitrogens with zero attached hydrogens (tertiary/aromatic N) is 2. The second-order valence-electron chi connectivity index (χ2n) is 4.56. The Bertz CT molecular complexity index is 534. The highest BCUT2D eigenvalue weighted by Gasteiger charge is 2.08. The number of fused-ring (bicyclic) bond motifs is 1. The number of rotatable bonds is 3. The first-order valence-electron chi connectivity index (χ1n) is 6.11. The van der Waals surface area contributed by atoms with Gasteiger partial charge in [-0.05, 0) is 44.7 Å². The van der Waals surface area contributed by atoms with Crippen molar-refractivity contribution >= 4 is 16.6 Å². The lowest BCUT2D eigenvalue weighted by atomic mass is 10.1. The molecule has 0 aliphatic heterocycles. The molecule has 17 heavy (non-hydrogen) atoms. The first-order chi connectivity index (χ1) is 8.11. The third-order valence-electron chi connectivity index (χ3n) is 3.05. The molecule has 0 saturated heterocycles. The van der Waals surface area contributed by atoms with E-state index in [1.165, 1.54) is 5.39 Å². The van der Waals surface area contributed by atoms with Crippen LogP contribution in [0.4, 0.5) is 5.82 Å². The molecule has 0 amide bonds. The molecule has 90 valence electrons. The number of pyridine rings is 2. The lowest BCUT2D eigenvalue weighted by Crippen LogP contribution is -2.15. The second kappa shape index (κ2) is 4.70. The number of nitrogens with one attached hydrogen (secondary N) is 1. The normalized spacial score (nSPS) is 12.7. The van der Waals surface area contributed by atoms with E-state index in [0.717, 1.165) is 29.0 Å². The van der Waals surface area contributed by atoms with Crippen molar-refractivity contribution in [1.29, 1.82) is 0 Å². The molecule has 2 rings (SSSR count). The summed E-state index contributed by atoms with van der Waals surface area (Å²) in [5.41, 5.74) is 2.09. The van der Waals surface area contributed by atoms with E-state index in [4.69, 9.17) is 0 Å². The first-order valence-corrected chi connectivity index (χ1v) is 6.11. The number of aryl methyl sites for hydroxylation is 2. The highest BCUT2D eigenvalue weighted by Crippen LogP contribution is 2.24. The quantitative estimate of drug-likeness (QED) is 0.875. The van der Waals surface area contributed by atoms with E-state index in [1.807, 2.05) is 26.1 Å². The van der Waals surface area contributed by atoms with Gasteiger partial charge in [-0.3, -0.25) is 4.98 Å². The Morgan fingerprint density at radius 2 is 2.12 bits per heavy atom. The lowest BCUT2D eigenvalue weighted by Gasteiger charge is -2.15. The lowest BCUT2D eigenvalue weighted by molar-refractivity contribution is 0.760. The Balaban J connectivity index is 2.56. The molecule has 1 atom stereocenters. The zero-order valence-electron chi connectivity index (χ0n) is 10.9. The molecule has 2 aromatic heterocycles. The monoisotopic (exact) mass is 229 g/mol. The molecule has 0 aliphatic carbocycles. The Morgan fingerprint density at radius 1 is 1.35 bits per heavy atom. The van der Waals surface area contributed by atoms with Crippen LogP contribution in [-0.2, 0) is 0 Å². The van der Waals surface area contributed by atoms with E-state index in [1.54, 1.807) is 0 Å². The highest BCUT2D eigenvalue weighted by molar-refractivity contribution is 5.93. The predicted octanol–water partition coefficient (Wildman–Crippen LogP) is 3.46. The first kappa shape index (κ1) is 11.8. The maximum absolute atomic E-state index is 4.52. The average molecular weight is 229 g/mol. The Hall–Kier alpha value is -1.64. The molecule has 0 fully saturated rings. The van der Waals surface area contributed by atoms with E-state index in [9.17, 15) is 0 Å². The maximum atomic E-state index is 4.52. The molecule has 0 aliphatic rings. The Labute approximate surface area is 102 Å². The highest BCUT2D eigenvalue weighted by atomic mass is 15.0. The molecular weight excluding hydrogens is 210 g/mol. The molecule has 0 aromatic carbocycles. The summed E-state index contributed by atoms with van der Waals surface area (Å²) in [5.74, 6) is 0.946. The summed E-state index contributed by atoms with van der Waals surface area (Å²) in [6.07, 6.45) is 2.93. The zero-order valence-corrected chi connectivity index (χ0v) is 10.9. The van der Waals surface area contributed by atoms with Gasteiger partial charge in [-0.1, -0.05) is 6.92 Å². The maximum Gasteiger partial charge on any atom is 0.135 e. The van der Waals surface area contributed by atoms with E-state index in [0.29, 0.717) is 6.04 Å². The van der Waals surface area contributed by atoms with Crippen LogP contribution in [-0.4, -0.2) is 16.0 Å². The van der Waals surface area contributed by atoms with E-state index in [-0.39, 0.29) is 0 Å². The summed E-state index contributed by atoms with van der Waals surface area (Å²) in [7, 11) is 0. The van der Waals surface area contributed by atoms with Crippen LogP contribution >= 0.6 is 0 Å². The van der Waals surface area contributed by atoms with Crippen LogP contribution in [0.5, 0.6) is 0 Å². The van der Waals surface area contributed by atoms with Gasteiger partial charge in [0.15, 0.2) is 0 Å². The fraction of sp³-hybridized carbons (Fsp3) is 0.429. The SMILES string of the molecule is CCC(C)Nc1nccc2cc(C)nc(C)c12. The number of hydrogen-bond donors (Lipinski definition) is 1. The number of anilines is 1. The van der Waals surface area contributed by atoms with Crippen LogP contribution in [0, 0.1) is 13.8 Å². The molecule has 2 heterocycles. The summed E-state index contributed by atoms with van der Waals surface area (Å²) in [5, 5.41) is 5.79. The van der Waals surface area contributed by atoms with Crippen LogP contribution < -0.4 is 5.32 Å². The van der Waals surface area contributed by atoms with Crippen molar-refractivity contribution in [1.82, 2.24) is 9.97 Å². The van der Waals surface area contributed by atoms with Crippen molar-refractivity contribution in [3.63, 3.8) is 0 Å². The van der Waals surface area contributed by atoms with E-state index >= 15 is 0 Å². The zero-order chi connectivity index (χ0) is 12.4. The van der Waals surface area contributed by atoms with Gasteiger partial charge in [0.05, 0.1) is 0 Å². The van der Waals surface area contributed by atoms with Crippen LogP contribution in [0.3, 0.4) is 0 Å². The van der Waals surface area contributed by atoms with E-state index < -0.39 is 0 Å². The smallest absolute Gasteiger partial charge is 0.135 e. The summed E-state index contributed by atoms with van der Waals surface area (Å²) < 4.78 is 0. The molecule has 0 saturated carbocycles. The summed E-state index contributed by atoms with van der Waals surface area (Å²) >= 11 is 0. The van der Waals surface area contributed by atoms with Gasteiger partial charge in [0, 0.05) is 29.0 Å². The average Bonchev–Trinajstić information content (AvgIpc) is 2.28. The molecule has 3 nitrogen and oxygen atoms in total. The van der Waals surface area contributed by atoms with Crippen molar-refractivity contribution in [3.8, 4) is 0 Å². The summed E-state index contributed by atoms with van der Waals surface area (Å²) in [6, 6.07) is 4.57. The number of hydrogen-bond acceptors (Lipinski definition) is 3. The van der Waals surface area contributed by atoms with Gasteiger partial charge < -0.3 is 5.32 Å². The van der Waals surface area contributed by atoms with Crippen LogP contribution in [0.25, 0.3) is 10.8 Å². The van der Waals surface area contributed by atoms with Gasteiger partial charge >= 0.3 is 0 Å². The van der Waals surface area contributed by atoms with Gasteiger partial charge in [-0.25, -0.2) is 4.98 Å². The molecule has 0 spiro atoms. The second-order valence-corrected chi connectivity index (χ2v) is 4.56. The van der Waals surface area contributed by atoms with Crippen molar-refractivity contribution in [2.45, 2.75) is 40.2 Å². The molecule has 2 aromatic rings. The van der Waals surface area contributed by atoms with Gasteiger partial charge in [0.1, 0.15) is 5.82 Å². The van der Waals surface area contributed by atoms with Crippen LogP contribution in [0.2, 0.25) is 0 Å². The Kier molecular flexibility index (Phi) is 3.27. The van der Waals surface area contributed by atoms with Gasteiger partial charge in [-0.2, -0.15) is 0 Å². The predicted molar refractivity (Wildman–Crippen MR) is 72.4 cm³/mol. The summed E-state index contributed by atoms with van der Waals surface area (Å²) in [4.78, 5) is 8.95. The molecule has 1 unspecified atom stereocenters. The fourth-order valence-corrected chi connectivity index (χ4v) is 2.00. The van der Waals surface area contributed by atoms with E-state index in [2.05, 4.69) is 35.2 Å². The van der Waals surface area contributed by atoms with Gasteiger partial charge in [0.2, 0.25) is 0 Å². The standard InChI is InChI=1S/C14H19N3/c1-5-9(2)17-14-13-11(4)16-10(3)8-12(13)6-7-15-14/h6-9H,5H2,1-4H3,(H,15,17). The minimum absolute atomic E-state index is 0.425. The van der Waals surface area contributed by atoms with Crippen LogP contribution in [0.1, 0.15) is 31.7 Å². The number of aromatic nitrogens is 2. The Morgan fingerprint density at radius 3 is 2.82 bits per heavy atom. The van der Waals surface area contributed by atoms with Crippen molar-refractivity contribution < 1.29 is 0 Å². The molecule has 0 radical (unpaired) electrons. The van der Waals surface area contributed by atoms with Crippen molar-refractivity contribution in [2.75, 3.05) is 5.32 Å². The summed E-state index contributed by atoms with van der Waals surface area (Å²) in [6.45, 7) is 8.39.